The second-order valence-corrected chi connectivity index (χ2v) is 24.0. The van der Waals surface area contributed by atoms with E-state index in [0.717, 1.165) is 5.56 Å². The predicted octanol–water partition coefficient (Wildman–Crippen LogP) is 10.0. The molecule has 472 valence electrons. The molecule has 0 radical (unpaired) electrons. The summed E-state index contributed by atoms with van der Waals surface area (Å²) in [5.74, 6) is -5.14. The van der Waals surface area contributed by atoms with Crippen LogP contribution in [0.3, 0.4) is 0 Å². The van der Waals surface area contributed by atoms with Gasteiger partial charge in [-0.15, -0.1) is 0 Å². The summed E-state index contributed by atoms with van der Waals surface area (Å²) in [6, 6.07) is 7.72. The Balaban J connectivity index is 1.05. The van der Waals surface area contributed by atoms with Crippen LogP contribution >= 0.6 is 0 Å². The normalized spacial score (nSPS) is 20.5. The van der Waals surface area contributed by atoms with Crippen LogP contribution < -0.4 is 26.2 Å². The summed E-state index contributed by atoms with van der Waals surface area (Å²) in [4.78, 5) is 86.4. The van der Waals surface area contributed by atoms with Crippen molar-refractivity contribution >= 4 is 63.4 Å². The minimum Gasteiger partial charge on any atom is -0.453 e. The van der Waals surface area contributed by atoms with Crippen LogP contribution in [-0.4, -0.2) is 131 Å². The van der Waals surface area contributed by atoms with Crippen molar-refractivity contribution in [3.63, 3.8) is 0 Å². The molecule has 25 heteroatoms. The molecule has 4 fully saturated rings. The van der Waals surface area contributed by atoms with Gasteiger partial charge in [-0.05, 0) is 124 Å². The lowest BCUT2D eigenvalue weighted by molar-refractivity contribution is -0.150. The van der Waals surface area contributed by atoms with Crippen molar-refractivity contribution in [3.05, 3.63) is 118 Å². The van der Waals surface area contributed by atoms with E-state index < -0.39 is 102 Å². The number of aromatic nitrogens is 4. The highest BCUT2D eigenvalue weighted by Crippen LogP contribution is 2.50. The van der Waals surface area contributed by atoms with E-state index in [1.54, 1.807) is 67.5 Å². The van der Waals surface area contributed by atoms with Crippen LogP contribution in [0.25, 0.3) is 22.1 Å². The Bertz CT molecular complexity index is 3550. The highest BCUT2D eigenvalue weighted by molar-refractivity contribution is 5.88. The number of anilines is 2. The minimum absolute atomic E-state index is 0.00493. The van der Waals surface area contributed by atoms with E-state index >= 15 is 17.6 Å². The fourth-order valence-electron chi connectivity index (χ4n) is 13.1. The van der Waals surface area contributed by atoms with Gasteiger partial charge in [0.2, 0.25) is 11.8 Å². The van der Waals surface area contributed by atoms with Crippen molar-refractivity contribution < 1.29 is 64.9 Å². The lowest BCUT2D eigenvalue weighted by Crippen LogP contribution is -2.54. The van der Waals surface area contributed by atoms with E-state index in [2.05, 4.69) is 15.6 Å². The van der Waals surface area contributed by atoms with Gasteiger partial charge in [-0.2, -0.15) is 0 Å². The maximum Gasteiger partial charge on any atom is 0.407 e. The molecule has 2 aromatic heterocycles. The number of piperidine rings is 1. The van der Waals surface area contributed by atoms with Gasteiger partial charge in [0.05, 0.1) is 66.6 Å². The predicted molar refractivity (Wildman–Crippen MR) is 316 cm³/mol. The summed E-state index contributed by atoms with van der Waals surface area (Å²) in [6.45, 7) is 9.45. The number of carbonyl (C=O) groups excluding carboxylic acids is 5. The molecule has 4 aliphatic rings. The molecule has 10 rings (SSSR count). The van der Waals surface area contributed by atoms with Crippen molar-refractivity contribution in [2.75, 3.05) is 57.3 Å². The van der Waals surface area contributed by atoms with Gasteiger partial charge in [-0.1, -0.05) is 39.8 Å². The van der Waals surface area contributed by atoms with Crippen molar-refractivity contribution in [2.24, 2.45) is 17.6 Å². The van der Waals surface area contributed by atoms with Gasteiger partial charge in [0.1, 0.15) is 52.9 Å². The van der Waals surface area contributed by atoms with E-state index in [0.29, 0.717) is 75.0 Å². The molecule has 0 bridgehead atoms. The lowest BCUT2D eigenvalue weighted by Gasteiger charge is -2.36. The number of likely N-dealkylation sites (tertiary alicyclic amines) is 2. The molecular weight excluding hydrogens is 1150 g/mol. The van der Waals surface area contributed by atoms with E-state index in [9.17, 15) is 28.4 Å². The van der Waals surface area contributed by atoms with Crippen LogP contribution in [0.1, 0.15) is 144 Å². The van der Waals surface area contributed by atoms with Crippen LogP contribution in [0.4, 0.5) is 42.9 Å². The van der Waals surface area contributed by atoms with Crippen molar-refractivity contribution in [2.45, 2.75) is 147 Å². The van der Waals surface area contributed by atoms with E-state index in [4.69, 9.17) is 34.6 Å². The fraction of sp³-hybridized carbons (Fsp3) is 0.508. The van der Waals surface area contributed by atoms with Gasteiger partial charge in [0.25, 0.3) is 0 Å². The number of halogens is 5. The number of amides is 4. The third-order valence-electron chi connectivity index (χ3n) is 18.0. The summed E-state index contributed by atoms with van der Waals surface area (Å²) >= 11 is 0. The number of esters is 1. The monoisotopic (exact) mass is 1230 g/mol. The number of H-pyrrole nitrogens is 1. The number of nitrogens with zero attached hydrogens (tertiary/aromatic N) is 7. The quantitative estimate of drug-likeness (QED) is 0.0356. The van der Waals surface area contributed by atoms with E-state index in [1.165, 1.54) is 73.3 Å². The number of nitrogens with two attached hydrogens (primary N) is 1. The number of fused-ring (bicyclic) bond motifs is 2. The molecule has 0 aliphatic carbocycles. The van der Waals surface area contributed by atoms with E-state index in [1.807, 2.05) is 0 Å². The zero-order valence-electron chi connectivity index (χ0n) is 50.6. The van der Waals surface area contributed by atoms with Gasteiger partial charge < -0.3 is 59.9 Å². The SMILES string of the molecule is COC(=O)N[C@H](C(=O)N1CCC[C@H]1c1nc2cc([C@H]3CC[C@H](c4cc5nc([C@@H]6CCCN6C(=O)[C@@H](NC(=O)OC)[C@@H](C)OC)n(COC(=O)[C@@H](N)C(C)C)c5cc4F)N3c3cc(F)c(N4CCC(c5ccc(F)cc5)CC4)c(F)c3)c(F)cc2[nH]1)C(C)C. The topological polar surface area (TPSA) is 232 Å². The van der Waals surface area contributed by atoms with Crippen LogP contribution in [-0.2, 0) is 40.1 Å². The molecule has 20 nitrogen and oxygen atoms in total. The van der Waals surface area contributed by atoms with Crippen LogP contribution in [0.5, 0.6) is 0 Å². The third kappa shape index (κ3) is 12.5. The zero-order valence-corrected chi connectivity index (χ0v) is 50.6. The fourth-order valence-corrected chi connectivity index (χ4v) is 13.1. The summed E-state index contributed by atoms with van der Waals surface area (Å²) in [6.07, 6.45) is 0.976. The number of ether oxygens (including phenoxy) is 4. The van der Waals surface area contributed by atoms with Crippen molar-refractivity contribution in [1.29, 1.82) is 0 Å². The van der Waals surface area contributed by atoms with Crippen LogP contribution in [0, 0.1) is 40.9 Å². The third-order valence-corrected chi connectivity index (χ3v) is 18.0. The molecule has 5 N–H and O–H groups in total. The van der Waals surface area contributed by atoms with Crippen molar-refractivity contribution in [3.8, 4) is 0 Å². The molecule has 6 aromatic rings. The van der Waals surface area contributed by atoms with Gasteiger partial charge >= 0.3 is 18.2 Å². The molecule has 4 aromatic carbocycles. The smallest absolute Gasteiger partial charge is 0.407 e. The van der Waals surface area contributed by atoms with Crippen LogP contribution in [0.15, 0.2) is 60.7 Å². The Morgan fingerprint density at radius 3 is 1.81 bits per heavy atom. The maximum absolute atomic E-state index is 17.7. The van der Waals surface area contributed by atoms with Gasteiger partial charge in [0.15, 0.2) is 18.4 Å². The van der Waals surface area contributed by atoms with Gasteiger partial charge in [0, 0.05) is 56.2 Å². The molecule has 6 heterocycles. The lowest BCUT2D eigenvalue weighted by atomic mass is 9.89. The highest BCUT2D eigenvalue weighted by Gasteiger charge is 2.44. The molecule has 4 saturated heterocycles. The molecule has 0 saturated carbocycles. The summed E-state index contributed by atoms with van der Waals surface area (Å²) in [5, 5.41) is 5.21. The molecule has 8 atom stereocenters. The first-order valence-corrected chi connectivity index (χ1v) is 30.0. The first kappa shape index (κ1) is 63.0. The number of rotatable bonds is 18. The second-order valence-electron chi connectivity index (χ2n) is 24.0. The number of methoxy groups -OCH3 is 3. The Labute approximate surface area is 506 Å². The molecule has 0 unspecified atom stereocenters. The number of benzene rings is 4. The maximum atomic E-state index is 17.7. The number of nitrogens with one attached hydrogen (secondary N) is 3. The standard InChI is InChI=1S/C63H76F5N11O9/c1-32(2)53(69)61(82)88-31-78-52-30-42(66)40(28-47(52)72-58(78)51-12-10-22-77(51)60(81)55(34(5)85-6)74-63(84)87-8)49-18-17-48(79(49)38-25-43(67)56(44(68)26-38)75-23-19-36(20-24-75)35-13-15-37(64)16-14-35)39-27-45-46(29-41(39)65)71-57(70-45)50-11-9-21-76(50)59(80)54(33(3)4)73-62(83)86-7/h13-16,25-30,32-34,36,48-51,53-55H,9-12,17-24,31,69H2,1-8H3,(H,70,71)(H,73,83)(H,74,84)/t34-,48-,49-,50+,51+,53+,54+,55+/m1/s1. The zero-order chi connectivity index (χ0) is 63.0. The summed E-state index contributed by atoms with van der Waals surface area (Å²) in [7, 11) is 3.77. The molecule has 88 heavy (non-hydrogen) atoms. The second kappa shape index (κ2) is 26.3. The number of hydrogen-bond donors (Lipinski definition) is 4. The Morgan fingerprint density at radius 1 is 0.648 bits per heavy atom. The number of hydrogen-bond acceptors (Lipinski definition) is 14. The van der Waals surface area contributed by atoms with Gasteiger partial charge in [-0.3, -0.25) is 19.0 Å². The van der Waals surface area contributed by atoms with Crippen LogP contribution in [0.2, 0.25) is 0 Å². The largest absolute Gasteiger partial charge is 0.453 e. The highest BCUT2D eigenvalue weighted by atomic mass is 19.1. The number of imidazole rings is 2. The summed E-state index contributed by atoms with van der Waals surface area (Å²) in [5.41, 5.74) is 8.06. The number of alkyl carbamates (subject to hydrolysis) is 2. The molecular formula is C63H76F5N11O9. The number of carbonyl (C=O) groups is 5. The van der Waals surface area contributed by atoms with Crippen molar-refractivity contribution in [1.82, 2.24) is 40.0 Å². The van der Waals surface area contributed by atoms with E-state index in [-0.39, 0.29) is 88.2 Å². The molecule has 4 aliphatic heterocycles. The average molecular weight is 1230 g/mol. The first-order chi connectivity index (χ1) is 42.1. The first-order valence-electron chi connectivity index (χ1n) is 30.0. The Morgan fingerprint density at radius 2 is 1.22 bits per heavy atom. The Hall–Kier alpha value is -8.06. The minimum atomic E-state index is -1.19. The summed E-state index contributed by atoms with van der Waals surface area (Å²) < 4.78 is 105. The Kier molecular flexibility index (Phi) is 18.8. The number of aromatic amines is 1. The molecule has 4 amide bonds. The van der Waals surface area contributed by atoms with Gasteiger partial charge in [-0.25, -0.2) is 41.5 Å². The average Bonchev–Trinajstić information content (AvgIpc) is 1.73. The molecule has 0 spiro atoms.